The van der Waals surface area contributed by atoms with Gasteiger partial charge in [-0.2, -0.15) is 0 Å². The standard InChI is InChI=1S/C21H23N3O7S/c1-4-30-18(25)10-15-13(11(3)23-19(15)21(27)31-5-2)9-16-14-8-12(32(22,28)29)6-7-17(14)24-20(16)26/h6-9,23H,4-5,10H2,1-3H3,(H,24,26)(H2,22,28,29)/b16-9+. The number of rotatable bonds is 7. The van der Waals surface area contributed by atoms with E-state index < -0.39 is 27.9 Å². The quantitative estimate of drug-likeness (QED) is 0.418. The molecule has 0 fully saturated rings. The molecule has 1 aromatic heterocycles. The van der Waals surface area contributed by atoms with Crippen LogP contribution in [0.2, 0.25) is 0 Å². The van der Waals surface area contributed by atoms with Crippen molar-refractivity contribution in [2.45, 2.75) is 32.1 Å². The normalized spacial score (nSPS) is 14.2. The van der Waals surface area contributed by atoms with E-state index in [0.717, 1.165) is 0 Å². The van der Waals surface area contributed by atoms with Gasteiger partial charge < -0.3 is 19.8 Å². The summed E-state index contributed by atoms with van der Waals surface area (Å²) in [5.74, 6) is -1.66. The van der Waals surface area contributed by atoms with Crippen molar-refractivity contribution in [3.8, 4) is 0 Å². The molecule has 0 atom stereocenters. The Kier molecular flexibility index (Phi) is 6.51. The summed E-state index contributed by atoms with van der Waals surface area (Å²) in [6, 6.07) is 4.04. The number of esters is 2. The third kappa shape index (κ3) is 4.58. The molecule has 0 spiro atoms. The second-order valence-corrected chi connectivity index (χ2v) is 8.55. The number of ether oxygens (including phenoxy) is 2. The smallest absolute Gasteiger partial charge is 0.355 e. The third-order valence-corrected chi connectivity index (χ3v) is 5.75. The molecule has 1 aromatic carbocycles. The molecule has 1 amide bonds. The summed E-state index contributed by atoms with van der Waals surface area (Å²) in [5, 5.41) is 7.88. The maximum absolute atomic E-state index is 12.6. The zero-order valence-corrected chi connectivity index (χ0v) is 18.6. The van der Waals surface area contributed by atoms with Gasteiger partial charge in [-0.05, 0) is 45.0 Å². The fourth-order valence-electron chi connectivity index (χ4n) is 3.44. The lowest BCUT2D eigenvalue weighted by Gasteiger charge is -2.07. The number of anilines is 1. The monoisotopic (exact) mass is 461 g/mol. The van der Waals surface area contributed by atoms with Gasteiger partial charge in [0.05, 0.1) is 24.5 Å². The van der Waals surface area contributed by atoms with Gasteiger partial charge in [-0.25, -0.2) is 18.4 Å². The van der Waals surface area contributed by atoms with Gasteiger partial charge in [-0.3, -0.25) is 9.59 Å². The number of H-pyrrole nitrogens is 1. The van der Waals surface area contributed by atoms with E-state index in [1.54, 1.807) is 20.8 Å². The van der Waals surface area contributed by atoms with Crippen molar-refractivity contribution in [3.05, 3.63) is 46.3 Å². The van der Waals surface area contributed by atoms with Crippen LogP contribution in [0, 0.1) is 6.92 Å². The van der Waals surface area contributed by atoms with Crippen LogP contribution in [-0.2, 0) is 35.5 Å². The number of aromatic nitrogens is 1. The second-order valence-electron chi connectivity index (χ2n) is 6.98. The number of hydrogen-bond donors (Lipinski definition) is 3. The average Bonchev–Trinajstić information content (AvgIpc) is 3.18. The molecule has 32 heavy (non-hydrogen) atoms. The highest BCUT2D eigenvalue weighted by atomic mass is 32.2. The Bertz CT molecular complexity index is 1240. The Hall–Kier alpha value is -3.44. The highest BCUT2D eigenvalue weighted by Gasteiger charge is 2.29. The Morgan fingerprint density at radius 1 is 1.16 bits per heavy atom. The van der Waals surface area contributed by atoms with Crippen LogP contribution in [0.4, 0.5) is 5.69 Å². The van der Waals surface area contributed by atoms with Crippen LogP contribution in [0.3, 0.4) is 0 Å². The molecule has 170 valence electrons. The van der Waals surface area contributed by atoms with E-state index in [2.05, 4.69) is 10.3 Å². The van der Waals surface area contributed by atoms with Gasteiger partial charge in [0.25, 0.3) is 5.91 Å². The van der Waals surface area contributed by atoms with Crippen molar-refractivity contribution in [3.63, 3.8) is 0 Å². The number of carbonyl (C=O) groups is 3. The third-order valence-electron chi connectivity index (χ3n) is 4.84. The first kappa shape index (κ1) is 23.2. The number of aryl methyl sites for hydroxylation is 1. The molecule has 4 N–H and O–H groups in total. The zero-order chi connectivity index (χ0) is 23.6. The predicted octanol–water partition coefficient (Wildman–Crippen LogP) is 1.75. The highest BCUT2D eigenvalue weighted by molar-refractivity contribution is 7.89. The predicted molar refractivity (Wildman–Crippen MR) is 116 cm³/mol. The molecule has 2 heterocycles. The molecular weight excluding hydrogens is 438 g/mol. The van der Waals surface area contributed by atoms with Gasteiger partial charge in [-0.15, -0.1) is 0 Å². The van der Waals surface area contributed by atoms with Gasteiger partial charge in [0.15, 0.2) is 0 Å². The summed E-state index contributed by atoms with van der Waals surface area (Å²) in [6.07, 6.45) is 1.27. The molecule has 0 unspecified atom stereocenters. The first-order valence-corrected chi connectivity index (χ1v) is 11.4. The Balaban J connectivity index is 2.17. The highest BCUT2D eigenvalue weighted by Crippen LogP contribution is 2.36. The van der Waals surface area contributed by atoms with E-state index in [-0.39, 0.29) is 35.8 Å². The number of benzene rings is 1. The van der Waals surface area contributed by atoms with Crippen LogP contribution < -0.4 is 10.5 Å². The van der Waals surface area contributed by atoms with Crippen LogP contribution in [0.15, 0.2) is 23.1 Å². The molecule has 1 aliphatic rings. The summed E-state index contributed by atoms with van der Waals surface area (Å²) >= 11 is 0. The minimum atomic E-state index is -3.99. The number of amides is 1. The summed E-state index contributed by atoms with van der Waals surface area (Å²) < 4.78 is 33.6. The van der Waals surface area contributed by atoms with Gasteiger partial charge in [0.2, 0.25) is 10.0 Å². The number of fused-ring (bicyclic) bond motifs is 1. The Labute approximate surface area is 184 Å². The van der Waals surface area contributed by atoms with E-state index in [0.29, 0.717) is 28.1 Å². The zero-order valence-electron chi connectivity index (χ0n) is 17.8. The lowest BCUT2D eigenvalue weighted by Crippen LogP contribution is -2.13. The average molecular weight is 461 g/mol. The molecule has 10 nitrogen and oxygen atoms in total. The molecule has 0 radical (unpaired) electrons. The first-order chi connectivity index (χ1) is 15.1. The van der Waals surface area contributed by atoms with Crippen molar-refractivity contribution in [2.75, 3.05) is 18.5 Å². The maximum Gasteiger partial charge on any atom is 0.355 e. The molecule has 11 heteroatoms. The van der Waals surface area contributed by atoms with Gasteiger partial charge >= 0.3 is 11.9 Å². The van der Waals surface area contributed by atoms with Crippen LogP contribution in [0.5, 0.6) is 0 Å². The number of hydrogen-bond acceptors (Lipinski definition) is 7. The molecule has 1 aliphatic heterocycles. The van der Waals surface area contributed by atoms with E-state index >= 15 is 0 Å². The number of primary sulfonamides is 1. The fourth-order valence-corrected chi connectivity index (χ4v) is 3.98. The summed E-state index contributed by atoms with van der Waals surface area (Å²) in [4.78, 5) is 40.0. The van der Waals surface area contributed by atoms with Crippen molar-refractivity contribution >= 4 is 45.2 Å². The van der Waals surface area contributed by atoms with Crippen molar-refractivity contribution in [1.29, 1.82) is 0 Å². The number of carbonyl (C=O) groups excluding carboxylic acids is 3. The summed E-state index contributed by atoms with van der Waals surface area (Å²) in [7, 11) is -3.99. The van der Waals surface area contributed by atoms with Crippen LogP contribution in [-0.4, -0.2) is 44.5 Å². The largest absolute Gasteiger partial charge is 0.466 e. The SMILES string of the molecule is CCOC(=O)Cc1c(C(=O)OCC)[nH]c(C)c1/C=C1/C(=O)Nc2ccc(S(N)(=O)=O)cc21. The molecule has 0 bridgehead atoms. The maximum atomic E-state index is 12.6. The van der Waals surface area contributed by atoms with Crippen molar-refractivity contribution < 1.29 is 32.3 Å². The summed E-state index contributed by atoms with van der Waals surface area (Å²) in [5.41, 5.74) is 2.26. The van der Waals surface area contributed by atoms with E-state index in [1.165, 1.54) is 24.3 Å². The molecule has 2 aromatic rings. The van der Waals surface area contributed by atoms with Crippen molar-refractivity contribution in [1.82, 2.24) is 4.98 Å². The second kappa shape index (κ2) is 8.97. The van der Waals surface area contributed by atoms with Gasteiger partial charge in [0, 0.05) is 33.6 Å². The van der Waals surface area contributed by atoms with E-state index in [9.17, 15) is 22.8 Å². The number of nitrogens with one attached hydrogen (secondary N) is 2. The Morgan fingerprint density at radius 2 is 1.84 bits per heavy atom. The molecule has 0 saturated heterocycles. The van der Waals surface area contributed by atoms with E-state index in [1.807, 2.05) is 0 Å². The minimum absolute atomic E-state index is 0.0844. The fraction of sp³-hybridized carbons (Fsp3) is 0.286. The Morgan fingerprint density at radius 3 is 2.47 bits per heavy atom. The van der Waals surface area contributed by atoms with Crippen LogP contribution in [0.25, 0.3) is 11.6 Å². The van der Waals surface area contributed by atoms with Crippen molar-refractivity contribution in [2.24, 2.45) is 5.14 Å². The van der Waals surface area contributed by atoms with Gasteiger partial charge in [0.1, 0.15) is 5.69 Å². The van der Waals surface area contributed by atoms with Crippen LogP contribution in [0.1, 0.15) is 46.7 Å². The number of sulfonamides is 1. The molecular formula is C21H23N3O7S. The molecule has 3 rings (SSSR count). The molecule has 0 aliphatic carbocycles. The van der Waals surface area contributed by atoms with Gasteiger partial charge in [-0.1, -0.05) is 0 Å². The summed E-state index contributed by atoms with van der Waals surface area (Å²) in [6.45, 7) is 5.30. The molecule has 0 saturated carbocycles. The minimum Gasteiger partial charge on any atom is -0.466 e. The lowest BCUT2D eigenvalue weighted by molar-refractivity contribution is -0.142. The first-order valence-electron chi connectivity index (χ1n) is 9.81. The number of nitrogens with two attached hydrogens (primary N) is 1. The van der Waals surface area contributed by atoms with E-state index in [4.69, 9.17) is 14.6 Å². The lowest BCUT2D eigenvalue weighted by atomic mass is 9.99. The van der Waals surface area contributed by atoms with Crippen LogP contribution >= 0.6 is 0 Å². The number of aromatic amines is 1. The topological polar surface area (TPSA) is 158 Å².